The predicted molar refractivity (Wildman–Crippen MR) is 115 cm³/mol. The van der Waals surface area contributed by atoms with Crippen molar-refractivity contribution in [2.24, 2.45) is 5.92 Å². The first-order valence-corrected chi connectivity index (χ1v) is 11.3. The minimum Gasteiger partial charge on any atom is -0.478 e. The summed E-state index contributed by atoms with van der Waals surface area (Å²) in [7, 11) is 0. The Morgan fingerprint density at radius 1 is 0.897 bits per heavy atom. The highest BCUT2D eigenvalue weighted by Crippen LogP contribution is 2.29. The third-order valence-electron chi connectivity index (χ3n) is 6.99. The maximum Gasteiger partial charge on any atom is 0.337 e. The highest BCUT2D eigenvalue weighted by Gasteiger charge is 2.27. The van der Waals surface area contributed by atoms with Crippen LogP contribution < -0.4 is 10.2 Å². The molecule has 0 unspecified atom stereocenters. The summed E-state index contributed by atoms with van der Waals surface area (Å²) in [5.41, 5.74) is 1.53. The van der Waals surface area contributed by atoms with E-state index < -0.39 is 5.97 Å². The largest absolute Gasteiger partial charge is 0.478 e. The van der Waals surface area contributed by atoms with Crippen LogP contribution in [0.3, 0.4) is 0 Å². The van der Waals surface area contributed by atoms with Gasteiger partial charge in [0, 0.05) is 43.8 Å². The molecular formula is C23H33N3O3. The molecule has 29 heavy (non-hydrogen) atoms. The van der Waals surface area contributed by atoms with E-state index in [0.717, 1.165) is 63.6 Å². The van der Waals surface area contributed by atoms with E-state index in [-0.39, 0.29) is 17.4 Å². The van der Waals surface area contributed by atoms with E-state index in [1.807, 2.05) is 6.07 Å². The molecule has 2 aliphatic carbocycles. The first kappa shape index (κ1) is 20.2. The Morgan fingerprint density at radius 2 is 1.55 bits per heavy atom. The normalized spacial score (nSPS) is 22.0. The maximum absolute atomic E-state index is 12.4. The minimum absolute atomic E-state index is 0.0178. The molecule has 3 aliphatic rings. The number of benzene rings is 1. The van der Waals surface area contributed by atoms with Crippen LogP contribution in [0.15, 0.2) is 18.2 Å². The molecular weight excluding hydrogens is 366 g/mol. The standard InChI is InChI=1S/C23H33N3O3/c27-22(17-6-4-5-7-17)24-21-11-10-19(16-20(21)23(28)29)26-14-12-25(13-15-26)18-8-2-1-3-9-18/h10-11,16-18H,1-9,12-15H2,(H,24,27)(H,28,29). The number of nitrogens with zero attached hydrogens (tertiary/aromatic N) is 2. The van der Waals surface area contributed by atoms with Crippen molar-refractivity contribution in [1.29, 1.82) is 0 Å². The molecule has 6 nitrogen and oxygen atoms in total. The molecule has 0 spiro atoms. The summed E-state index contributed by atoms with van der Waals surface area (Å²) in [6.45, 7) is 3.91. The SMILES string of the molecule is O=C(O)c1cc(N2CCN(C3CCCCC3)CC2)ccc1NC(=O)C1CCCC1. The third-order valence-corrected chi connectivity index (χ3v) is 6.99. The van der Waals surface area contributed by atoms with Crippen molar-refractivity contribution in [3.8, 4) is 0 Å². The van der Waals surface area contributed by atoms with Crippen molar-refractivity contribution in [2.45, 2.75) is 63.8 Å². The number of hydrogen-bond acceptors (Lipinski definition) is 4. The van der Waals surface area contributed by atoms with Gasteiger partial charge in [-0.3, -0.25) is 9.69 Å². The van der Waals surface area contributed by atoms with E-state index in [9.17, 15) is 14.7 Å². The molecule has 1 aromatic rings. The smallest absolute Gasteiger partial charge is 0.337 e. The lowest BCUT2D eigenvalue weighted by molar-refractivity contribution is -0.119. The fourth-order valence-corrected chi connectivity index (χ4v) is 5.23. The van der Waals surface area contributed by atoms with Crippen LogP contribution in [0.1, 0.15) is 68.1 Å². The van der Waals surface area contributed by atoms with Crippen LogP contribution in [0, 0.1) is 5.92 Å². The van der Waals surface area contributed by atoms with Gasteiger partial charge in [-0.15, -0.1) is 0 Å². The molecule has 0 atom stereocenters. The molecule has 2 N–H and O–H groups in total. The lowest BCUT2D eigenvalue weighted by atomic mass is 9.94. The molecule has 2 saturated carbocycles. The van der Waals surface area contributed by atoms with Gasteiger partial charge in [-0.2, -0.15) is 0 Å². The lowest BCUT2D eigenvalue weighted by Crippen LogP contribution is -2.50. The lowest BCUT2D eigenvalue weighted by Gasteiger charge is -2.41. The number of anilines is 2. The third kappa shape index (κ3) is 4.74. The zero-order chi connectivity index (χ0) is 20.2. The molecule has 3 fully saturated rings. The number of carbonyl (C=O) groups is 2. The van der Waals surface area contributed by atoms with Gasteiger partial charge in [0.05, 0.1) is 11.3 Å². The maximum atomic E-state index is 12.4. The predicted octanol–water partition coefficient (Wildman–Crippen LogP) is 3.97. The van der Waals surface area contributed by atoms with E-state index in [1.165, 1.54) is 32.1 Å². The molecule has 1 heterocycles. The van der Waals surface area contributed by atoms with E-state index in [2.05, 4.69) is 15.1 Å². The monoisotopic (exact) mass is 399 g/mol. The first-order chi connectivity index (χ1) is 14.1. The fraction of sp³-hybridized carbons (Fsp3) is 0.652. The van der Waals surface area contributed by atoms with E-state index in [1.54, 1.807) is 12.1 Å². The zero-order valence-electron chi connectivity index (χ0n) is 17.2. The average molecular weight is 400 g/mol. The molecule has 1 saturated heterocycles. The summed E-state index contributed by atoms with van der Waals surface area (Å²) in [4.78, 5) is 29.2. The molecule has 0 bridgehead atoms. The van der Waals surface area contributed by atoms with Crippen LogP contribution in [0.4, 0.5) is 11.4 Å². The van der Waals surface area contributed by atoms with Crippen LogP contribution >= 0.6 is 0 Å². The Bertz CT molecular complexity index is 731. The van der Waals surface area contributed by atoms with Crippen LogP contribution in [0.2, 0.25) is 0 Å². The van der Waals surface area contributed by atoms with Crippen molar-refractivity contribution in [1.82, 2.24) is 4.90 Å². The minimum atomic E-state index is -0.991. The number of piperazine rings is 1. The van der Waals surface area contributed by atoms with E-state index >= 15 is 0 Å². The van der Waals surface area contributed by atoms with Crippen molar-refractivity contribution < 1.29 is 14.7 Å². The van der Waals surface area contributed by atoms with Gasteiger partial charge in [-0.25, -0.2) is 4.79 Å². The summed E-state index contributed by atoms with van der Waals surface area (Å²) >= 11 is 0. The van der Waals surface area contributed by atoms with Gasteiger partial charge in [-0.05, 0) is 43.9 Å². The highest BCUT2D eigenvalue weighted by molar-refractivity contribution is 6.02. The van der Waals surface area contributed by atoms with Crippen LogP contribution in [0.5, 0.6) is 0 Å². The van der Waals surface area contributed by atoms with Gasteiger partial charge in [0.1, 0.15) is 0 Å². The van der Waals surface area contributed by atoms with Crippen LogP contribution in [-0.2, 0) is 4.79 Å². The second-order valence-corrected chi connectivity index (χ2v) is 8.82. The van der Waals surface area contributed by atoms with Crippen LogP contribution in [-0.4, -0.2) is 54.1 Å². The Hall–Kier alpha value is -2.08. The zero-order valence-corrected chi connectivity index (χ0v) is 17.2. The summed E-state index contributed by atoms with van der Waals surface area (Å²) in [5.74, 6) is -1.02. The number of carboxylic acid groups (broad SMARTS) is 1. The molecule has 158 valence electrons. The highest BCUT2D eigenvalue weighted by atomic mass is 16.4. The molecule has 4 rings (SSSR count). The second kappa shape index (κ2) is 9.16. The quantitative estimate of drug-likeness (QED) is 0.784. The number of aromatic carboxylic acids is 1. The molecule has 1 amide bonds. The van der Waals surface area contributed by atoms with E-state index in [4.69, 9.17) is 0 Å². The van der Waals surface area contributed by atoms with Crippen molar-refractivity contribution in [3.63, 3.8) is 0 Å². The summed E-state index contributed by atoms with van der Waals surface area (Å²) in [5, 5.41) is 12.6. The number of rotatable bonds is 5. The average Bonchev–Trinajstić information content (AvgIpc) is 3.30. The van der Waals surface area contributed by atoms with Crippen molar-refractivity contribution in [2.75, 3.05) is 36.4 Å². The molecule has 0 aromatic heterocycles. The number of carbonyl (C=O) groups excluding carboxylic acids is 1. The molecule has 6 heteroatoms. The Kier molecular flexibility index (Phi) is 6.38. The number of hydrogen-bond donors (Lipinski definition) is 2. The topological polar surface area (TPSA) is 72.9 Å². The van der Waals surface area contributed by atoms with Gasteiger partial charge < -0.3 is 15.3 Å². The van der Waals surface area contributed by atoms with Gasteiger partial charge in [-0.1, -0.05) is 32.1 Å². The summed E-state index contributed by atoms with van der Waals surface area (Å²) < 4.78 is 0. The second-order valence-electron chi connectivity index (χ2n) is 8.82. The Labute approximate surface area is 173 Å². The summed E-state index contributed by atoms with van der Waals surface area (Å²) in [6, 6.07) is 6.17. The number of nitrogens with one attached hydrogen (secondary N) is 1. The van der Waals surface area contributed by atoms with Gasteiger partial charge in [0.15, 0.2) is 0 Å². The number of amides is 1. The molecule has 0 radical (unpaired) electrons. The van der Waals surface area contributed by atoms with Gasteiger partial charge in [0.2, 0.25) is 5.91 Å². The Morgan fingerprint density at radius 3 is 2.21 bits per heavy atom. The van der Waals surface area contributed by atoms with Gasteiger partial charge in [0.25, 0.3) is 0 Å². The summed E-state index contributed by atoms with van der Waals surface area (Å²) in [6.07, 6.45) is 10.7. The van der Waals surface area contributed by atoms with Crippen molar-refractivity contribution >= 4 is 23.3 Å². The fourth-order valence-electron chi connectivity index (χ4n) is 5.23. The van der Waals surface area contributed by atoms with Crippen LogP contribution in [0.25, 0.3) is 0 Å². The molecule has 1 aromatic carbocycles. The number of carboxylic acids is 1. The van der Waals surface area contributed by atoms with Crippen molar-refractivity contribution in [3.05, 3.63) is 23.8 Å². The van der Waals surface area contributed by atoms with Gasteiger partial charge >= 0.3 is 5.97 Å². The first-order valence-electron chi connectivity index (χ1n) is 11.3. The van der Waals surface area contributed by atoms with E-state index in [0.29, 0.717) is 5.69 Å². The molecule has 1 aliphatic heterocycles. The Balaban J connectivity index is 1.41.